The van der Waals surface area contributed by atoms with Gasteiger partial charge in [0.15, 0.2) is 5.13 Å². The molecule has 1 amide bonds. The van der Waals surface area contributed by atoms with Gasteiger partial charge in [0.1, 0.15) is 5.75 Å². The highest BCUT2D eigenvalue weighted by molar-refractivity contribution is 9.10. The average Bonchev–Trinajstić information content (AvgIpc) is 3.16. The van der Waals surface area contributed by atoms with E-state index in [0.717, 1.165) is 32.3 Å². The first-order valence-corrected chi connectivity index (χ1v) is 9.91. The van der Waals surface area contributed by atoms with E-state index < -0.39 is 0 Å². The third-order valence-electron chi connectivity index (χ3n) is 4.21. The molecule has 0 aliphatic carbocycles. The topological polar surface area (TPSA) is 51.2 Å². The lowest BCUT2D eigenvalue weighted by Gasteiger charge is -2.06. The third kappa shape index (κ3) is 3.59. The molecule has 3 aromatic carbocycles. The molecule has 0 unspecified atom stereocenters. The maximum Gasteiger partial charge on any atom is 0.258 e. The van der Waals surface area contributed by atoms with Crippen molar-refractivity contribution in [2.75, 3.05) is 12.4 Å². The van der Waals surface area contributed by atoms with Crippen LogP contribution >= 0.6 is 27.3 Å². The molecule has 0 fully saturated rings. The summed E-state index contributed by atoms with van der Waals surface area (Å²) in [6.07, 6.45) is 0. The minimum atomic E-state index is -0.163. The molecule has 0 spiro atoms. The molecule has 1 N–H and O–H groups in total. The minimum Gasteiger partial charge on any atom is -0.496 e. The van der Waals surface area contributed by atoms with Crippen molar-refractivity contribution in [3.63, 3.8) is 0 Å². The number of ether oxygens (including phenoxy) is 1. The zero-order valence-electron chi connectivity index (χ0n) is 14.4. The number of methoxy groups -OCH3 is 1. The summed E-state index contributed by atoms with van der Waals surface area (Å²) in [6, 6.07) is 19.3. The van der Waals surface area contributed by atoms with E-state index in [1.807, 2.05) is 66.0 Å². The van der Waals surface area contributed by atoms with E-state index in [1.165, 1.54) is 11.3 Å². The number of rotatable bonds is 4. The first-order valence-electron chi connectivity index (χ1n) is 8.24. The first-order chi connectivity index (χ1) is 13.2. The number of anilines is 1. The van der Waals surface area contributed by atoms with Crippen molar-refractivity contribution < 1.29 is 9.53 Å². The SMILES string of the molecule is COc1ccc(-c2csc(NC(=O)c3cccc4ccccc34)n2)cc1Br. The number of hydrogen-bond acceptors (Lipinski definition) is 4. The quantitative estimate of drug-likeness (QED) is 0.425. The van der Waals surface area contributed by atoms with Gasteiger partial charge in [0.25, 0.3) is 5.91 Å². The van der Waals surface area contributed by atoms with Gasteiger partial charge in [-0.1, -0.05) is 36.4 Å². The highest BCUT2D eigenvalue weighted by Gasteiger charge is 2.13. The molecular weight excluding hydrogens is 424 g/mol. The van der Waals surface area contributed by atoms with Gasteiger partial charge in [-0.25, -0.2) is 4.98 Å². The summed E-state index contributed by atoms with van der Waals surface area (Å²) in [4.78, 5) is 17.3. The van der Waals surface area contributed by atoms with Crippen LogP contribution in [-0.4, -0.2) is 18.0 Å². The lowest BCUT2D eigenvalue weighted by Crippen LogP contribution is -2.12. The van der Waals surface area contributed by atoms with Gasteiger partial charge in [0, 0.05) is 16.5 Å². The van der Waals surface area contributed by atoms with Gasteiger partial charge in [-0.15, -0.1) is 11.3 Å². The van der Waals surface area contributed by atoms with Crippen molar-refractivity contribution in [2.24, 2.45) is 0 Å². The number of carbonyl (C=O) groups excluding carboxylic acids is 1. The molecule has 1 aromatic heterocycles. The Labute approximate surface area is 169 Å². The van der Waals surface area contributed by atoms with E-state index in [1.54, 1.807) is 7.11 Å². The van der Waals surface area contributed by atoms with E-state index >= 15 is 0 Å². The zero-order chi connectivity index (χ0) is 18.8. The van der Waals surface area contributed by atoms with Crippen LogP contribution in [0.5, 0.6) is 5.75 Å². The lowest BCUT2D eigenvalue weighted by atomic mass is 10.0. The molecule has 0 radical (unpaired) electrons. The number of nitrogens with one attached hydrogen (secondary N) is 1. The number of thiazole rings is 1. The van der Waals surface area contributed by atoms with Crippen LogP contribution < -0.4 is 10.1 Å². The van der Waals surface area contributed by atoms with E-state index in [9.17, 15) is 4.79 Å². The average molecular weight is 439 g/mol. The van der Waals surface area contributed by atoms with Crippen molar-refractivity contribution in [1.82, 2.24) is 4.98 Å². The Bertz CT molecular complexity index is 1130. The summed E-state index contributed by atoms with van der Waals surface area (Å²) in [5.74, 6) is 0.599. The van der Waals surface area contributed by atoms with Crippen molar-refractivity contribution in [3.05, 3.63) is 76.1 Å². The molecule has 4 nitrogen and oxygen atoms in total. The first kappa shape index (κ1) is 17.7. The van der Waals surface area contributed by atoms with Crippen LogP contribution in [0.3, 0.4) is 0 Å². The number of fused-ring (bicyclic) bond motifs is 1. The number of carbonyl (C=O) groups is 1. The fourth-order valence-corrected chi connectivity index (χ4v) is 4.13. The van der Waals surface area contributed by atoms with E-state index in [4.69, 9.17) is 4.74 Å². The van der Waals surface area contributed by atoms with Gasteiger partial charge >= 0.3 is 0 Å². The predicted octanol–water partition coefficient (Wildman–Crippen LogP) is 5.99. The second-order valence-corrected chi connectivity index (χ2v) is 7.58. The van der Waals surface area contributed by atoms with Gasteiger partial charge in [-0.05, 0) is 51.0 Å². The molecular formula is C21H15BrN2O2S. The number of halogens is 1. The summed E-state index contributed by atoms with van der Waals surface area (Å²) in [5, 5.41) is 7.36. The molecule has 27 heavy (non-hydrogen) atoms. The lowest BCUT2D eigenvalue weighted by molar-refractivity contribution is 0.102. The number of aromatic nitrogens is 1. The molecule has 0 aliphatic heterocycles. The highest BCUT2D eigenvalue weighted by atomic mass is 79.9. The summed E-state index contributed by atoms with van der Waals surface area (Å²) >= 11 is 4.89. The zero-order valence-corrected chi connectivity index (χ0v) is 16.8. The Hall–Kier alpha value is -2.70. The summed E-state index contributed by atoms with van der Waals surface area (Å²) in [7, 11) is 1.63. The molecule has 0 aliphatic rings. The molecule has 0 saturated heterocycles. The van der Waals surface area contributed by atoms with Crippen LogP contribution in [0.4, 0.5) is 5.13 Å². The molecule has 4 rings (SSSR count). The van der Waals surface area contributed by atoms with Gasteiger partial charge < -0.3 is 4.74 Å². The summed E-state index contributed by atoms with van der Waals surface area (Å²) in [6.45, 7) is 0. The third-order valence-corrected chi connectivity index (χ3v) is 5.58. The fourth-order valence-electron chi connectivity index (χ4n) is 2.88. The summed E-state index contributed by atoms with van der Waals surface area (Å²) < 4.78 is 6.11. The second kappa shape index (κ2) is 7.50. The smallest absolute Gasteiger partial charge is 0.258 e. The van der Waals surface area contributed by atoms with Crippen LogP contribution in [0.25, 0.3) is 22.0 Å². The Morgan fingerprint density at radius 3 is 2.74 bits per heavy atom. The number of benzene rings is 3. The Morgan fingerprint density at radius 2 is 1.93 bits per heavy atom. The number of amides is 1. The minimum absolute atomic E-state index is 0.163. The van der Waals surface area contributed by atoms with Gasteiger partial charge in [0.05, 0.1) is 17.3 Å². The maximum absolute atomic E-state index is 12.7. The largest absolute Gasteiger partial charge is 0.496 e. The molecule has 1 heterocycles. The number of hydrogen-bond donors (Lipinski definition) is 1. The van der Waals surface area contributed by atoms with E-state index in [-0.39, 0.29) is 5.91 Å². The Kier molecular flexibility index (Phi) is 4.92. The highest BCUT2D eigenvalue weighted by Crippen LogP contribution is 2.32. The standard InChI is InChI=1S/C21H15BrN2O2S/c1-26-19-10-9-14(11-17(19)22)18-12-27-21(23-18)24-20(25)16-8-4-6-13-5-2-3-7-15(13)16/h2-12H,1H3,(H,23,24,25). The molecule has 0 saturated carbocycles. The van der Waals surface area contributed by atoms with Crippen LogP contribution in [0.2, 0.25) is 0 Å². The second-order valence-electron chi connectivity index (χ2n) is 5.87. The Balaban J connectivity index is 1.59. The van der Waals surface area contributed by atoms with Crippen molar-refractivity contribution in [1.29, 1.82) is 0 Å². The van der Waals surface area contributed by atoms with Gasteiger partial charge in [0.2, 0.25) is 0 Å². The van der Waals surface area contributed by atoms with Crippen LogP contribution in [0.1, 0.15) is 10.4 Å². The molecule has 4 aromatic rings. The van der Waals surface area contributed by atoms with Crippen LogP contribution in [0.15, 0.2) is 70.5 Å². The van der Waals surface area contributed by atoms with Crippen molar-refractivity contribution >= 4 is 49.1 Å². The fraction of sp³-hybridized carbons (Fsp3) is 0.0476. The monoisotopic (exact) mass is 438 g/mol. The predicted molar refractivity (Wildman–Crippen MR) is 114 cm³/mol. The van der Waals surface area contributed by atoms with Gasteiger partial charge in [-0.2, -0.15) is 0 Å². The molecule has 0 bridgehead atoms. The number of nitrogens with zero attached hydrogens (tertiary/aromatic N) is 1. The van der Waals surface area contributed by atoms with Crippen LogP contribution in [-0.2, 0) is 0 Å². The molecule has 134 valence electrons. The van der Waals surface area contributed by atoms with E-state index in [0.29, 0.717) is 10.7 Å². The van der Waals surface area contributed by atoms with Gasteiger partial charge in [-0.3, -0.25) is 10.1 Å². The van der Waals surface area contributed by atoms with Crippen LogP contribution in [0, 0.1) is 0 Å². The van der Waals surface area contributed by atoms with Crippen molar-refractivity contribution in [2.45, 2.75) is 0 Å². The Morgan fingerprint density at radius 1 is 1.11 bits per heavy atom. The van der Waals surface area contributed by atoms with E-state index in [2.05, 4.69) is 26.2 Å². The summed E-state index contributed by atoms with van der Waals surface area (Å²) in [5.41, 5.74) is 2.39. The maximum atomic E-state index is 12.7. The molecule has 6 heteroatoms. The normalized spacial score (nSPS) is 10.7. The van der Waals surface area contributed by atoms with Crippen molar-refractivity contribution in [3.8, 4) is 17.0 Å². The molecule has 0 atom stereocenters.